The van der Waals surface area contributed by atoms with Crippen LogP contribution in [-0.2, 0) is 4.79 Å². The molecule has 122 valence electrons. The van der Waals surface area contributed by atoms with Crippen LogP contribution in [0.3, 0.4) is 0 Å². The third-order valence-corrected chi connectivity index (χ3v) is 3.34. The van der Waals surface area contributed by atoms with Crippen molar-refractivity contribution in [3.8, 4) is 11.5 Å². The predicted octanol–water partition coefficient (Wildman–Crippen LogP) is 3.61. The summed E-state index contributed by atoms with van der Waals surface area (Å²) in [5, 5.41) is 3.43. The van der Waals surface area contributed by atoms with Gasteiger partial charge in [-0.2, -0.15) is 0 Å². The van der Waals surface area contributed by atoms with E-state index >= 15 is 0 Å². The van der Waals surface area contributed by atoms with E-state index in [0.717, 1.165) is 17.7 Å². The Balaban J connectivity index is 1.57. The maximum atomic E-state index is 11.7. The van der Waals surface area contributed by atoms with E-state index in [1.54, 1.807) is 24.3 Å². The first-order chi connectivity index (χ1) is 11.1. The third-order valence-electron chi connectivity index (χ3n) is 3.09. The van der Waals surface area contributed by atoms with Crippen molar-refractivity contribution in [3.63, 3.8) is 0 Å². The van der Waals surface area contributed by atoms with Crippen LogP contribution in [0.4, 0.5) is 0 Å². The number of aryl methyl sites for hydroxylation is 1. The summed E-state index contributed by atoms with van der Waals surface area (Å²) in [7, 11) is 0. The van der Waals surface area contributed by atoms with Crippen molar-refractivity contribution in [3.05, 3.63) is 59.1 Å². The van der Waals surface area contributed by atoms with E-state index in [-0.39, 0.29) is 12.5 Å². The normalized spacial score (nSPS) is 10.2. The average molecular weight is 334 g/mol. The molecule has 2 rings (SSSR count). The smallest absolute Gasteiger partial charge is 0.257 e. The van der Waals surface area contributed by atoms with Crippen molar-refractivity contribution in [2.45, 2.75) is 13.3 Å². The van der Waals surface area contributed by atoms with Crippen LogP contribution in [0.1, 0.15) is 12.0 Å². The minimum Gasteiger partial charge on any atom is -0.494 e. The molecule has 0 atom stereocenters. The van der Waals surface area contributed by atoms with E-state index in [4.69, 9.17) is 21.1 Å². The Kier molecular flexibility index (Phi) is 6.76. The molecule has 0 heterocycles. The molecule has 0 aliphatic heterocycles. The molecule has 0 radical (unpaired) electrons. The number of carbonyl (C=O) groups excluding carboxylic acids is 1. The van der Waals surface area contributed by atoms with Crippen molar-refractivity contribution >= 4 is 17.5 Å². The Hall–Kier alpha value is -2.20. The summed E-state index contributed by atoms with van der Waals surface area (Å²) in [5.74, 6) is 1.31. The van der Waals surface area contributed by atoms with Crippen LogP contribution in [-0.4, -0.2) is 25.7 Å². The van der Waals surface area contributed by atoms with E-state index in [9.17, 15) is 4.79 Å². The van der Waals surface area contributed by atoms with Gasteiger partial charge in [0.1, 0.15) is 11.5 Å². The van der Waals surface area contributed by atoms with E-state index in [1.807, 2.05) is 31.2 Å². The van der Waals surface area contributed by atoms with Crippen LogP contribution in [0.25, 0.3) is 0 Å². The highest BCUT2D eigenvalue weighted by molar-refractivity contribution is 6.30. The number of hydrogen-bond acceptors (Lipinski definition) is 3. The maximum Gasteiger partial charge on any atom is 0.257 e. The van der Waals surface area contributed by atoms with Crippen molar-refractivity contribution in [2.24, 2.45) is 0 Å². The number of carbonyl (C=O) groups is 1. The number of amides is 1. The van der Waals surface area contributed by atoms with Gasteiger partial charge in [0.05, 0.1) is 6.61 Å². The van der Waals surface area contributed by atoms with Crippen LogP contribution >= 0.6 is 11.6 Å². The fraction of sp³-hybridized carbons (Fsp3) is 0.278. The molecule has 1 amide bonds. The van der Waals surface area contributed by atoms with Crippen molar-refractivity contribution < 1.29 is 14.3 Å². The summed E-state index contributed by atoms with van der Waals surface area (Å²) in [6.07, 6.45) is 0.737. The van der Waals surface area contributed by atoms with Gasteiger partial charge in [0.25, 0.3) is 5.91 Å². The Bertz CT molecular complexity index is 628. The number of halogens is 1. The first-order valence-corrected chi connectivity index (χ1v) is 7.86. The molecule has 0 spiro atoms. The zero-order chi connectivity index (χ0) is 16.5. The highest BCUT2D eigenvalue weighted by Gasteiger charge is 2.02. The van der Waals surface area contributed by atoms with Gasteiger partial charge >= 0.3 is 0 Å². The highest BCUT2D eigenvalue weighted by Crippen LogP contribution is 2.15. The van der Waals surface area contributed by atoms with Crippen molar-refractivity contribution in [1.29, 1.82) is 0 Å². The van der Waals surface area contributed by atoms with Crippen LogP contribution in [0.2, 0.25) is 5.02 Å². The first kappa shape index (κ1) is 17.2. The van der Waals surface area contributed by atoms with Crippen LogP contribution in [0, 0.1) is 6.92 Å². The molecule has 0 fully saturated rings. The second-order valence-corrected chi connectivity index (χ2v) is 5.55. The lowest BCUT2D eigenvalue weighted by Crippen LogP contribution is -2.30. The number of nitrogens with one attached hydrogen (secondary N) is 1. The third kappa shape index (κ3) is 6.61. The lowest BCUT2D eigenvalue weighted by Gasteiger charge is -2.09. The minimum absolute atomic E-state index is 0.0135. The Morgan fingerprint density at radius 1 is 1.09 bits per heavy atom. The lowest BCUT2D eigenvalue weighted by molar-refractivity contribution is -0.123. The summed E-state index contributed by atoms with van der Waals surface area (Å²) >= 11 is 5.78. The average Bonchev–Trinajstić information content (AvgIpc) is 2.54. The second kappa shape index (κ2) is 9.06. The number of hydrogen-bond donors (Lipinski definition) is 1. The Morgan fingerprint density at radius 3 is 2.61 bits per heavy atom. The second-order valence-electron chi connectivity index (χ2n) is 5.11. The fourth-order valence-electron chi connectivity index (χ4n) is 1.93. The van der Waals surface area contributed by atoms with Gasteiger partial charge < -0.3 is 14.8 Å². The SMILES string of the molecule is Cc1cccc(OCCCNC(=O)COc2ccc(Cl)cc2)c1. The van der Waals surface area contributed by atoms with Crippen molar-refractivity contribution in [2.75, 3.05) is 19.8 Å². The number of ether oxygens (including phenoxy) is 2. The van der Waals surface area contributed by atoms with Gasteiger partial charge in [-0.1, -0.05) is 23.7 Å². The molecule has 1 N–H and O–H groups in total. The Morgan fingerprint density at radius 2 is 1.87 bits per heavy atom. The Labute approximate surface area is 141 Å². The molecule has 5 heteroatoms. The molecule has 0 unspecified atom stereocenters. The molecule has 2 aromatic rings. The molecule has 2 aromatic carbocycles. The highest BCUT2D eigenvalue weighted by atomic mass is 35.5. The van der Waals surface area contributed by atoms with E-state index in [0.29, 0.717) is 23.9 Å². The van der Waals surface area contributed by atoms with Gasteiger partial charge in [0.2, 0.25) is 0 Å². The van der Waals surface area contributed by atoms with Crippen LogP contribution in [0.15, 0.2) is 48.5 Å². The largest absolute Gasteiger partial charge is 0.494 e. The minimum atomic E-state index is -0.157. The molecule has 0 aliphatic rings. The topological polar surface area (TPSA) is 47.6 Å². The molecule has 0 aliphatic carbocycles. The first-order valence-electron chi connectivity index (χ1n) is 7.48. The zero-order valence-corrected chi connectivity index (χ0v) is 13.8. The lowest BCUT2D eigenvalue weighted by atomic mass is 10.2. The molecule has 0 aromatic heterocycles. The van der Waals surface area contributed by atoms with E-state index in [1.165, 1.54) is 0 Å². The van der Waals surface area contributed by atoms with Gasteiger partial charge in [-0.3, -0.25) is 4.79 Å². The predicted molar refractivity (Wildman–Crippen MR) is 91.2 cm³/mol. The standard InChI is InChI=1S/C18H20ClNO3/c1-14-4-2-5-17(12-14)22-11-3-10-20-18(21)13-23-16-8-6-15(19)7-9-16/h2,4-9,12H,3,10-11,13H2,1H3,(H,20,21). The summed E-state index contributed by atoms with van der Waals surface area (Å²) in [5.41, 5.74) is 1.16. The van der Waals surface area contributed by atoms with Gasteiger partial charge in [-0.25, -0.2) is 0 Å². The zero-order valence-electron chi connectivity index (χ0n) is 13.0. The molecule has 0 saturated carbocycles. The van der Waals surface area contributed by atoms with Crippen molar-refractivity contribution in [1.82, 2.24) is 5.32 Å². The summed E-state index contributed by atoms with van der Waals surface area (Å²) in [4.78, 5) is 11.7. The van der Waals surface area contributed by atoms with Gasteiger partial charge in [-0.15, -0.1) is 0 Å². The van der Waals surface area contributed by atoms with E-state index in [2.05, 4.69) is 5.32 Å². The van der Waals surface area contributed by atoms with Crippen LogP contribution in [0.5, 0.6) is 11.5 Å². The number of benzene rings is 2. The molecule has 4 nitrogen and oxygen atoms in total. The molecule has 0 saturated heterocycles. The van der Waals surface area contributed by atoms with Crippen LogP contribution < -0.4 is 14.8 Å². The monoisotopic (exact) mass is 333 g/mol. The molecule has 23 heavy (non-hydrogen) atoms. The molecular weight excluding hydrogens is 314 g/mol. The van der Waals surface area contributed by atoms with Gasteiger partial charge in [-0.05, 0) is 55.3 Å². The molecule has 0 bridgehead atoms. The van der Waals surface area contributed by atoms with Gasteiger partial charge in [0.15, 0.2) is 6.61 Å². The van der Waals surface area contributed by atoms with Gasteiger partial charge in [0, 0.05) is 11.6 Å². The van der Waals surface area contributed by atoms with E-state index < -0.39 is 0 Å². The summed E-state index contributed by atoms with van der Waals surface area (Å²) in [6.45, 7) is 3.12. The molecular formula is C18H20ClNO3. The summed E-state index contributed by atoms with van der Waals surface area (Å²) < 4.78 is 11.0. The fourth-order valence-corrected chi connectivity index (χ4v) is 2.05. The quantitative estimate of drug-likeness (QED) is 0.751. The summed E-state index contributed by atoms with van der Waals surface area (Å²) in [6, 6.07) is 14.8. The maximum absolute atomic E-state index is 11.7. The number of rotatable bonds is 8.